The Morgan fingerprint density at radius 1 is 1.22 bits per heavy atom. The van der Waals surface area contributed by atoms with Crippen molar-refractivity contribution in [2.45, 2.75) is 6.61 Å². The van der Waals surface area contributed by atoms with Crippen molar-refractivity contribution in [3.05, 3.63) is 65.7 Å². The summed E-state index contributed by atoms with van der Waals surface area (Å²) in [5, 5.41) is 15.7. The highest BCUT2D eigenvalue weighted by molar-refractivity contribution is 6.10. The van der Waals surface area contributed by atoms with Crippen LogP contribution in [0.15, 0.2) is 53.8 Å². The lowest BCUT2D eigenvalue weighted by Gasteiger charge is -2.06. The lowest BCUT2D eigenvalue weighted by atomic mass is 10.1. The summed E-state index contributed by atoms with van der Waals surface area (Å²) >= 11 is 0. The monoisotopic (exact) mass is 309 g/mol. The highest BCUT2D eigenvalue weighted by Gasteiger charge is 2.14. The van der Waals surface area contributed by atoms with Crippen LogP contribution in [0.25, 0.3) is 0 Å². The molecule has 0 aliphatic rings. The number of tetrazole rings is 1. The third-order valence-corrected chi connectivity index (χ3v) is 3.16. The van der Waals surface area contributed by atoms with Crippen LogP contribution in [0.3, 0.4) is 0 Å². The third kappa shape index (κ3) is 3.31. The normalized spacial score (nSPS) is 11.4. The van der Waals surface area contributed by atoms with Gasteiger partial charge in [-0.1, -0.05) is 35.5 Å². The number of pyridine rings is 1. The molecule has 0 fully saturated rings. The van der Waals surface area contributed by atoms with Crippen LogP contribution in [0.5, 0.6) is 0 Å². The van der Waals surface area contributed by atoms with Crippen molar-refractivity contribution in [2.75, 3.05) is 5.73 Å². The minimum absolute atomic E-state index is 0.161. The van der Waals surface area contributed by atoms with Crippen LogP contribution in [-0.4, -0.2) is 30.9 Å². The van der Waals surface area contributed by atoms with Gasteiger partial charge in [-0.25, -0.2) is 4.68 Å². The summed E-state index contributed by atoms with van der Waals surface area (Å²) in [6.45, 7) is 0.161. The van der Waals surface area contributed by atoms with Crippen molar-refractivity contribution in [2.24, 2.45) is 12.2 Å². The number of anilines is 1. The van der Waals surface area contributed by atoms with Gasteiger partial charge >= 0.3 is 0 Å². The Hall–Kier alpha value is -3.29. The number of benzene rings is 1. The number of aromatic nitrogens is 5. The van der Waals surface area contributed by atoms with Gasteiger partial charge in [-0.05, 0) is 22.6 Å². The minimum Gasteiger partial charge on any atom is -0.397 e. The summed E-state index contributed by atoms with van der Waals surface area (Å²) in [5.41, 5.74) is 8.41. The van der Waals surface area contributed by atoms with Gasteiger partial charge in [-0.3, -0.25) is 4.98 Å². The van der Waals surface area contributed by atoms with E-state index >= 15 is 0 Å². The molecule has 0 aliphatic carbocycles. The predicted octanol–water partition coefficient (Wildman–Crippen LogP) is 1.16. The van der Waals surface area contributed by atoms with E-state index in [2.05, 4.69) is 25.7 Å². The zero-order valence-electron chi connectivity index (χ0n) is 12.5. The quantitative estimate of drug-likeness (QED) is 0.560. The number of oxime groups is 1. The fraction of sp³-hybridized carbons (Fsp3) is 0.133. The van der Waals surface area contributed by atoms with Gasteiger partial charge in [0.05, 0.1) is 5.69 Å². The van der Waals surface area contributed by atoms with Crippen LogP contribution in [0, 0.1) is 0 Å². The molecule has 8 nitrogen and oxygen atoms in total. The highest BCUT2D eigenvalue weighted by Crippen LogP contribution is 2.11. The molecule has 0 bridgehead atoms. The molecule has 0 saturated heterocycles. The molecule has 0 spiro atoms. The molecule has 3 aromatic rings. The zero-order chi connectivity index (χ0) is 16.1. The Labute approximate surface area is 132 Å². The van der Waals surface area contributed by atoms with E-state index in [1.165, 1.54) is 4.68 Å². The third-order valence-electron chi connectivity index (χ3n) is 3.16. The Morgan fingerprint density at radius 3 is 2.74 bits per heavy atom. The topological polar surface area (TPSA) is 104 Å². The molecule has 0 amide bonds. The maximum absolute atomic E-state index is 5.84. The first-order valence-electron chi connectivity index (χ1n) is 6.93. The van der Waals surface area contributed by atoms with E-state index in [1.54, 1.807) is 25.4 Å². The molecular weight excluding hydrogens is 294 g/mol. The average Bonchev–Trinajstić information content (AvgIpc) is 3.00. The number of nitrogens with zero attached hydrogens (tertiary/aromatic N) is 6. The minimum atomic E-state index is 0.161. The maximum Gasteiger partial charge on any atom is 0.204 e. The summed E-state index contributed by atoms with van der Waals surface area (Å²) in [7, 11) is 1.74. The van der Waals surface area contributed by atoms with Gasteiger partial charge in [0.1, 0.15) is 5.69 Å². The van der Waals surface area contributed by atoms with E-state index < -0.39 is 0 Å². The number of hydrogen-bond donors (Lipinski definition) is 1. The van der Waals surface area contributed by atoms with Gasteiger partial charge in [-0.15, -0.1) is 5.10 Å². The second kappa shape index (κ2) is 6.65. The number of hydrogen-bond acceptors (Lipinski definition) is 7. The number of nitrogens with two attached hydrogens (primary N) is 1. The van der Waals surface area contributed by atoms with Crippen LogP contribution in [0.2, 0.25) is 0 Å². The molecule has 1 aromatic carbocycles. The smallest absolute Gasteiger partial charge is 0.204 e. The molecular formula is C15H15N7O. The van der Waals surface area contributed by atoms with Gasteiger partial charge in [-0.2, -0.15) is 0 Å². The number of rotatable bonds is 5. The van der Waals surface area contributed by atoms with Crippen LogP contribution in [0.1, 0.15) is 17.1 Å². The molecule has 0 unspecified atom stereocenters. The Balaban J connectivity index is 1.87. The predicted molar refractivity (Wildman–Crippen MR) is 84.3 cm³/mol. The Bertz CT molecular complexity index is 813. The number of aryl methyl sites for hydroxylation is 1. The van der Waals surface area contributed by atoms with Crippen molar-refractivity contribution in [3.63, 3.8) is 0 Å². The summed E-state index contributed by atoms with van der Waals surface area (Å²) in [5.74, 6) is 0.505. The van der Waals surface area contributed by atoms with E-state index in [9.17, 15) is 0 Å². The molecule has 0 atom stereocenters. The van der Waals surface area contributed by atoms with Gasteiger partial charge in [0.15, 0.2) is 12.3 Å². The first kappa shape index (κ1) is 14.6. The maximum atomic E-state index is 5.84. The van der Waals surface area contributed by atoms with Crippen LogP contribution in [-0.2, 0) is 18.5 Å². The van der Waals surface area contributed by atoms with Gasteiger partial charge in [0, 0.05) is 18.8 Å². The zero-order valence-corrected chi connectivity index (χ0v) is 12.5. The highest BCUT2D eigenvalue weighted by atomic mass is 16.6. The van der Waals surface area contributed by atoms with Crippen LogP contribution >= 0.6 is 0 Å². The van der Waals surface area contributed by atoms with E-state index in [1.807, 2.05) is 30.3 Å². The summed E-state index contributed by atoms with van der Waals surface area (Å²) in [6, 6.07) is 13.1. The molecule has 116 valence electrons. The van der Waals surface area contributed by atoms with E-state index in [-0.39, 0.29) is 6.61 Å². The van der Waals surface area contributed by atoms with Crippen molar-refractivity contribution in [1.29, 1.82) is 0 Å². The van der Waals surface area contributed by atoms with E-state index in [0.29, 0.717) is 22.9 Å². The Kier molecular flexibility index (Phi) is 4.23. The molecule has 8 heteroatoms. The van der Waals surface area contributed by atoms with Gasteiger partial charge < -0.3 is 10.6 Å². The van der Waals surface area contributed by atoms with E-state index in [4.69, 9.17) is 10.6 Å². The van der Waals surface area contributed by atoms with Gasteiger partial charge in [0.25, 0.3) is 0 Å². The first-order chi connectivity index (χ1) is 11.3. The fourth-order valence-corrected chi connectivity index (χ4v) is 1.98. The van der Waals surface area contributed by atoms with Crippen molar-refractivity contribution >= 4 is 11.4 Å². The largest absolute Gasteiger partial charge is 0.397 e. The van der Waals surface area contributed by atoms with Gasteiger partial charge in [0.2, 0.25) is 5.82 Å². The SMILES string of the molecule is Cn1nnnc1/C(=N\OCc1ncccc1N)c1ccccc1. The average molecular weight is 309 g/mol. The molecule has 0 aliphatic heterocycles. The number of nitrogen functional groups attached to an aromatic ring is 1. The van der Waals surface area contributed by atoms with E-state index in [0.717, 1.165) is 5.56 Å². The van der Waals surface area contributed by atoms with Crippen molar-refractivity contribution in [1.82, 2.24) is 25.2 Å². The second-order valence-electron chi connectivity index (χ2n) is 4.74. The van der Waals surface area contributed by atoms with Crippen LogP contribution in [0.4, 0.5) is 5.69 Å². The molecule has 3 rings (SSSR count). The lowest BCUT2D eigenvalue weighted by Crippen LogP contribution is -2.12. The molecule has 0 radical (unpaired) electrons. The molecule has 2 N–H and O–H groups in total. The Morgan fingerprint density at radius 2 is 2.04 bits per heavy atom. The molecule has 23 heavy (non-hydrogen) atoms. The van der Waals surface area contributed by atoms with Crippen molar-refractivity contribution < 1.29 is 4.84 Å². The first-order valence-corrected chi connectivity index (χ1v) is 6.93. The standard InChI is InChI=1S/C15H15N7O/c1-22-15(18-20-21-22)14(11-6-3-2-4-7-11)19-23-10-13-12(16)8-5-9-17-13/h2-9H,10,16H2,1H3/b19-14-. The molecule has 2 aromatic heterocycles. The summed E-state index contributed by atoms with van der Waals surface area (Å²) in [6.07, 6.45) is 1.66. The van der Waals surface area contributed by atoms with Crippen molar-refractivity contribution in [3.8, 4) is 0 Å². The molecule has 0 saturated carbocycles. The molecule has 2 heterocycles. The fourth-order valence-electron chi connectivity index (χ4n) is 1.98. The lowest BCUT2D eigenvalue weighted by molar-refractivity contribution is 0.128. The van der Waals surface area contributed by atoms with Crippen LogP contribution < -0.4 is 5.73 Å². The summed E-state index contributed by atoms with van der Waals surface area (Å²) in [4.78, 5) is 9.60. The summed E-state index contributed by atoms with van der Waals surface area (Å²) < 4.78 is 1.53. The second-order valence-corrected chi connectivity index (χ2v) is 4.74.